The van der Waals surface area contributed by atoms with Crippen molar-refractivity contribution in [3.63, 3.8) is 0 Å². The summed E-state index contributed by atoms with van der Waals surface area (Å²) in [5, 5.41) is 17.2. The molecule has 1 heterocycles. The van der Waals surface area contributed by atoms with Gasteiger partial charge in [-0.25, -0.2) is 4.98 Å². The Bertz CT molecular complexity index is 727. The minimum Gasteiger partial charge on any atom is -0.508 e. The average molecular weight is 238 g/mol. The number of nitrogen functional groups attached to an aromatic ring is 1. The van der Waals surface area contributed by atoms with Crippen molar-refractivity contribution in [1.29, 1.82) is 0 Å². The number of nitrogens with zero attached hydrogens (tertiary/aromatic N) is 3. The van der Waals surface area contributed by atoms with Gasteiger partial charge >= 0.3 is 0 Å². The second kappa shape index (κ2) is 3.96. The second-order valence-corrected chi connectivity index (χ2v) is 3.92. The number of aromatic nitrogens is 3. The average Bonchev–Trinajstić information content (AvgIpc) is 2.38. The molecule has 1 aromatic heterocycles. The predicted molar refractivity (Wildman–Crippen MR) is 68.8 cm³/mol. The smallest absolute Gasteiger partial charge is 0.240 e. The van der Waals surface area contributed by atoms with Crippen LogP contribution in [-0.4, -0.2) is 20.3 Å². The van der Waals surface area contributed by atoms with Crippen molar-refractivity contribution in [1.82, 2.24) is 15.2 Å². The van der Waals surface area contributed by atoms with Gasteiger partial charge in [-0.2, -0.15) is 0 Å². The van der Waals surface area contributed by atoms with Gasteiger partial charge in [0.1, 0.15) is 11.3 Å². The summed E-state index contributed by atoms with van der Waals surface area (Å²) < 4.78 is 0. The van der Waals surface area contributed by atoms with Crippen molar-refractivity contribution in [3.05, 3.63) is 42.5 Å². The Kier molecular flexibility index (Phi) is 2.30. The first kappa shape index (κ1) is 10.5. The number of nitrogens with two attached hydrogens (primary N) is 1. The quantitative estimate of drug-likeness (QED) is 0.677. The van der Waals surface area contributed by atoms with Gasteiger partial charge in [-0.1, -0.05) is 18.2 Å². The highest BCUT2D eigenvalue weighted by Gasteiger charge is 2.03. The SMILES string of the molecule is Nc1nnc2cc(-c3cccc(O)c3)ccc2n1. The molecule has 5 nitrogen and oxygen atoms in total. The summed E-state index contributed by atoms with van der Waals surface area (Å²) in [4.78, 5) is 4.08. The standard InChI is InChI=1S/C13H10N4O/c14-13-15-11-5-4-9(7-12(11)16-17-13)8-2-1-3-10(18)6-8/h1-7,18H,(H2,14,15,17). The fraction of sp³-hybridized carbons (Fsp3) is 0. The van der Waals surface area contributed by atoms with E-state index in [1.54, 1.807) is 18.2 Å². The fourth-order valence-corrected chi connectivity index (χ4v) is 1.81. The van der Waals surface area contributed by atoms with Crippen LogP contribution >= 0.6 is 0 Å². The van der Waals surface area contributed by atoms with Crippen molar-refractivity contribution in [3.8, 4) is 16.9 Å². The lowest BCUT2D eigenvalue weighted by molar-refractivity contribution is 0.475. The second-order valence-electron chi connectivity index (χ2n) is 3.92. The molecule has 0 saturated carbocycles. The van der Waals surface area contributed by atoms with Crippen LogP contribution in [0.15, 0.2) is 42.5 Å². The summed E-state index contributed by atoms with van der Waals surface area (Å²) >= 11 is 0. The Morgan fingerprint density at radius 2 is 1.72 bits per heavy atom. The van der Waals surface area contributed by atoms with E-state index in [-0.39, 0.29) is 11.7 Å². The van der Waals surface area contributed by atoms with E-state index in [4.69, 9.17) is 5.73 Å². The van der Waals surface area contributed by atoms with E-state index in [0.29, 0.717) is 11.0 Å². The van der Waals surface area contributed by atoms with E-state index in [9.17, 15) is 5.11 Å². The molecule has 88 valence electrons. The first-order valence-corrected chi connectivity index (χ1v) is 5.42. The van der Waals surface area contributed by atoms with E-state index >= 15 is 0 Å². The third kappa shape index (κ3) is 1.82. The highest BCUT2D eigenvalue weighted by atomic mass is 16.3. The van der Waals surface area contributed by atoms with Gasteiger partial charge in [-0.05, 0) is 35.4 Å². The maximum Gasteiger partial charge on any atom is 0.240 e. The molecular formula is C13H10N4O. The Balaban J connectivity index is 2.16. The number of benzene rings is 2. The Morgan fingerprint density at radius 1 is 0.889 bits per heavy atom. The summed E-state index contributed by atoms with van der Waals surface area (Å²) in [7, 11) is 0. The van der Waals surface area contributed by atoms with E-state index in [1.807, 2.05) is 24.3 Å². The van der Waals surface area contributed by atoms with Crippen LogP contribution < -0.4 is 5.73 Å². The molecule has 0 bridgehead atoms. The van der Waals surface area contributed by atoms with Crippen molar-refractivity contribution in [2.24, 2.45) is 0 Å². The summed E-state index contributed by atoms with van der Waals surface area (Å²) in [5.74, 6) is 0.390. The van der Waals surface area contributed by atoms with Crippen LogP contribution in [0.2, 0.25) is 0 Å². The zero-order valence-electron chi connectivity index (χ0n) is 9.41. The highest BCUT2D eigenvalue weighted by molar-refractivity contribution is 5.81. The summed E-state index contributed by atoms with van der Waals surface area (Å²) in [6.45, 7) is 0. The maximum absolute atomic E-state index is 9.47. The molecule has 18 heavy (non-hydrogen) atoms. The van der Waals surface area contributed by atoms with E-state index in [2.05, 4.69) is 15.2 Å². The van der Waals surface area contributed by atoms with Gasteiger partial charge < -0.3 is 10.8 Å². The Hall–Kier alpha value is -2.69. The fourth-order valence-electron chi connectivity index (χ4n) is 1.81. The topological polar surface area (TPSA) is 84.9 Å². The number of rotatable bonds is 1. The molecule has 2 aromatic carbocycles. The van der Waals surface area contributed by atoms with Crippen molar-refractivity contribution in [2.45, 2.75) is 0 Å². The van der Waals surface area contributed by atoms with Crippen LogP contribution in [0.1, 0.15) is 0 Å². The first-order valence-electron chi connectivity index (χ1n) is 5.42. The van der Waals surface area contributed by atoms with Gasteiger partial charge in [0, 0.05) is 0 Å². The lowest BCUT2D eigenvalue weighted by atomic mass is 10.0. The summed E-state index contributed by atoms with van der Waals surface area (Å²) in [6.07, 6.45) is 0. The van der Waals surface area contributed by atoms with Crippen LogP contribution in [0.5, 0.6) is 5.75 Å². The van der Waals surface area contributed by atoms with Crippen molar-refractivity contribution >= 4 is 17.0 Å². The van der Waals surface area contributed by atoms with E-state index in [1.165, 1.54) is 0 Å². The number of hydrogen-bond donors (Lipinski definition) is 2. The van der Waals surface area contributed by atoms with Crippen LogP contribution in [0.4, 0.5) is 5.95 Å². The minimum absolute atomic E-state index is 0.160. The summed E-state index contributed by atoms with van der Waals surface area (Å²) in [6, 6.07) is 12.6. The molecule has 0 aliphatic heterocycles. The van der Waals surface area contributed by atoms with Gasteiger partial charge in [0.05, 0.1) is 5.52 Å². The molecule has 3 aromatic rings. The number of anilines is 1. The third-order valence-corrected chi connectivity index (χ3v) is 2.65. The minimum atomic E-state index is 0.160. The monoisotopic (exact) mass is 238 g/mol. The molecule has 0 saturated heterocycles. The molecule has 0 atom stereocenters. The molecule has 3 rings (SSSR count). The molecule has 0 fully saturated rings. The van der Waals surface area contributed by atoms with Gasteiger partial charge in [-0.15, -0.1) is 10.2 Å². The Morgan fingerprint density at radius 3 is 2.56 bits per heavy atom. The molecule has 5 heteroatoms. The van der Waals surface area contributed by atoms with Gasteiger partial charge in [0.2, 0.25) is 5.95 Å². The molecule has 3 N–H and O–H groups in total. The molecule has 0 radical (unpaired) electrons. The van der Waals surface area contributed by atoms with Crippen LogP contribution in [0, 0.1) is 0 Å². The zero-order chi connectivity index (χ0) is 12.5. The molecule has 0 unspecified atom stereocenters. The van der Waals surface area contributed by atoms with Crippen LogP contribution in [-0.2, 0) is 0 Å². The Labute approximate surface area is 103 Å². The van der Waals surface area contributed by atoms with E-state index in [0.717, 1.165) is 11.1 Å². The van der Waals surface area contributed by atoms with Gasteiger partial charge in [0.25, 0.3) is 0 Å². The van der Waals surface area contributed by atoms with Crippen molar-refractivity contribution < 1.29 is 5.11 Å². The molecular weight excluding hydrogens is 228 g/mol. The van der Waals surface area contributed by atoms with Gasteiger partial charge in [0.15, 0.2) is 0 Å². The number of aromatic hydroxyl groups is 1. The van der Waals surface area contributed by atoms with E-state index < -0.39 is 0 Å². The highest BCUT2D eigenvalue weighted by Crippen LogP contribution is 2.25. The molecule has 0 aliphatic rings. The lowest BCUT2D eigenvalue weighted by Crippen LogP contribution is -1.97. The van der Waals surface area contributed by atoms with Crippen molar-refractivity contribution in [2.75, 3.05) is 5.73 Å². The van der Waals surface area contributed by atoms with Gasteiger partial charge in [-0.3, -0.25) is 0 Å². The zero-order valence-corrected chi connectivity index (χ0v) is 9.41. The number of phenols is 1. The predicted octanol–water partition coefficient (Wildman–Crippen LogP) is 1.98. The normalized spacial score (nSPS) is 10.7. The lowest BCUT2D eigenvalue weighted by Gasteiger charge is -2.03. The first-order chi connectivity index (χ1) is 8.72. The maximum atomic E-state index is 9.47. The number of fused-ring (bicyclic) bond motifs is 1. The molecule has 0 aliphatic carbocycles. The molecule has 0 amide bonds. The number of hydrogen-bond acceptors (Lipinski definition) is 5. The largest absolute Gasteiger partial charge is 0.508 e. The molecule has 0 spiro atoms. The summed E-state index contributed by atoms with van der Waals surface area (Å²) in [5.41, 5.74) is 8.70. The number of phenolic OH excluding ortho intramolecular Hbond substituents is 1. The van der Waals surface area contributed by atoms with Crippen LogP contribution in [0.25, 0.3) is 22.2 Å². The third-order valence-electron chi connectivity index (χ3n) is 2.65. The van der Waals surface area contributed by atoms with Crippen LogP contribution in [0.3, 0.4) is 0 Å².